The van der Waals surface area contributed by atoms with Gasteiger partial charge in [0.1, 0.15) is 23.5 Å². The molecule has 0 spiro atoms. The number of nitrogens with two attached hydrogens (primary N) is 1. The van der Waals surface area contributed by atoms with E-state index in [2.05, 4.69) is 41.4 Å². The first-order valence-corrected chi connectivity index (χ1v) is 11.1. The van der Waals surface area contributed by atoms with E-state index in [1.54, 1.807) is 32.0 Å². The van der Waals surface area contributed by atoms with Crippen LogP contribution in [0.15, 0.2) is 45.0 Å². The molecule has 1 aliphatic rings. The predicted octanol–water partition coefficient (Wildman–Crippen LogP) is 6.19. The molecule has 7 nitrogen and oxygen atoms in total. The molecule has 34 heavy (non-hydrogen) atoms. The van der Waals surface area contributed by atoms with Crippen LogP contribution < -0.4 is 11.1 Å². The molecule has 1 amide bonds. The van der Waals surface area contributed by atoms with Gasteiger partial charge in [0.25, 0.3) is 5.95 Å². The topological polar surface area (TPSA) is 106 Å². The van der Waals surface area contributed by atoms with Gasteiger partial charge in [0, 0.05) is 21.5 Å². The van der Waals surface area contributed by atoms with Crippen LogP contribution in [0.2, 0.25) is 5.02 Å². The van der Waals surface area contributed by atoms with Crippen molar-refractivity contribution in [2.24, 2.45) is 10.2 Å². The van der Waals surface area contributed by atoms with Crippen molar-refractivity contribution in [3.63, 3.8) is 0 Å². The maximum absolute atomic E-state index is 14.4. The van der Waals surface area contributed by atoms with Crippen molar-refractivity contribution in [2.45, 2.75) is 31.7 Å². The Bertz CT molecular complexity index is 1350. The Morgan fingerprint density at radius 1 is 1.18 bits per heavy atom. The van der Waals surface area contributed by atoms with Crippen molar-refractivity contribution in [3.05, 3.63) is 74.0 Å². The van der Waals surface area contributed by atoms with Crippen LogP contribution in [0.1, 0.15) is 36.6 Å². The summed E-state index contributed by atoms with van der Waals surface area (Å²) in [4.78, 5) is 20.5. The van der Waals surface area contributed by atoms with E-state index in [1.165, 1.54) is 0 Å². The third-order valence-corrected chi connectivity index (χ3v) is 6.45. The van der Waals surface area contributed by atoms with Crippen LogP contribution in [0, 0.1) is 17.5 Å². The minimum atomic E-state index is -1.32. The average Bonchev–Trinajstić information content (AvgIpc) is 3.00. The van der Waals surface area contributed by atoms with Gasteiger partial charge in [-0.05, 0) is 49.7 Å². The van der Waals surface area contributed by atoms with Crippen LogP contribution >= 0.6 is 27.5 Å². The molecular weight excluding hydrogens is 537 g/mol. The highest BCUT2D eigenvalue weighted by Gasteiger charge is 2.42. The minimum Gasteiger partial charge on any atom is -0.383 e. The van der Waals surface area contributed by atoms with Crippen LogP contribution in [0.25, 0.3) is 0 Å². The maximum Gasteiger partial charge on any atom is 0.272 e. The number of hydrogen-bond acceptors (Lipinski definition) is 6. The van der Waals surface area contributed by atoms with Crippen LogP contribution in [0.4, 0.5) is 30.8 Å². The van der Waals surface area contributed by atoms with Gasteiger partial charge in [-0.2, -0.15) is 15.1 Å². The number of benzene rings is 2. The molecule has 1 aromatic heterocycles. The lowest BCUT2D eigenvalue weighted by atomic mass is 9.87. The molecule has 3 aromatic rings. The molecule has 3 N–H and O–H groups in total. The second-order valence-corrected chi connectivity index (χ2v) is 9.43. The number of aromatic nitrogens is 2. The van der Waals surface area contributed by atoms with Crippen LogP contribution in [-0.2, 0) is 16.6 Å². The number of carbonyl (C=O) groups excluding carboxylic acids is 1. The van der Waals surface area contributed by atoms with Gasteiger partial charge < -0.3 is 11.1 Å². The fourth-order valence-corrected chi connectivity index (χ4v) is 4.34. The molecule has 1 atom stereocenters. The number of halogens is 5. The van der Waals surface area contributed by atoms with E-state index in [0.717, 1.165) is 6.07 Å². The third-order valence-electron chi connectivity index (χ3n) is 5.49. The molecule has 0 saturated carbocycles. The summed E-state index contributed by atoms with van der Waals surface area (Å²) >= 11 is 9.48. The quantitative estimate of drug-likeness (QED) is 0.290. The van der Waals surface area contributed by atoms with Crippen LogP contribution in [0.5, 0.6) is 0 Å². The zero-order valence-corrected chi connectivity index (χ0v) is 20.2. The monoisotopic (exact) mass is 552 g/mol. The van der Waals surface area contributed by atoms with E-state index < -0.39 is 34.5 Å². The Kier molecular flexibility index (Phi) is 6.34. The predicted molar refractivity (Wildman–Crippen MR) is 125 cm³/mol. The number of azo groups is 1. The highest BCUT2D eigenvalue weighted by atomic mass is 79.9. The van der Waals surface area contributed by atoms with Gasteiger partial charge in [-0.25, -0.2) is 13.2 Å². The summed E-state index contributed by atoms with van der Waals surface area (Å²) in [5, 5.41) is 11.2. The summed E-state index contributed by atoms with van der Waals surface area (Å²) in [6.07, 6.45) is -0.373. The lowest BCUT2D eigenvalue weighted by Gasteiger charge is -2.16. The zero-order valence-electron chi connectivity index (χ0n) is 17.8. The number of fused-ring (bicyclic) bond motifs is 1. The maximum atomic E-state index is 14.4. The molecule has 176 valence electrons. The molecule has 1 unspecified atom stereocenters. The molecule has 0 aliphatic carbocycles. The summed E-state index contributed by atoms with van der Waals surface area (Å²) in [6, 6.07) is 5.34. The molecule has 0 saturated heterocycles. The average molecular weight is 554 g/mol. The molecule has 0 fully saturated rings. The molecular formula is C22H17BrClF3N6O. The number of nitrogens with one attached hydrogen (secondary N) is 1. The van der Waals surface area contributed by atoms with E-state index in [0.29, 0.717) is 26.7 Å². The highest BCUT2D eigenvalue weighted by molar-refractivity contribution is 9.10. The summed E-state index contributed by atoms with van der Waals surface area (Å²) in [7, 11) is 0. The lowest BCUT2D eigenvalue weighted by Crippen LogP contribution is -2.27. The molecule has 12 heteroatoms. The van der Waals surface area contributed by atoms with Crippen molar-refractivity contribution in [2.75, 3.05) is 11.1 Å². The Balaban J connectivity index is 1.76. The van der Waals surface area contributed by atoms with Gasteiger partial charge in [-0.15, -0.1) is 5.11 Å². The number of anilines is 2. The molecule has 4 rings (SSSR count). The molecule has 2 aromatic carbocycles. The van der Waals surface area contributed by atoms with Crippen molar-refractivity contribution in [1.29, 1.82) is 0 Å². The number of hydrogen-bond donors (Lipinski definition) is 2. The van der Waals surface area contributed by atoms with Gasteiger partial charge in [0.2, 0.25) is 5.91 Å². The summed E-state index contributed by atoms with van der Waals surface area (Å²) in [5.41, 5.74) is 5.51. The largest absolute Gasteiger partial charge is 0.383 e. The SMILES string of the molecule is CC1(C)C(=O)Nc2nc(N=NC(Cc3c(F)ccc(F)c3F)c3cc(Cl)ccc3Br)nc(N)c21. The fourth-order valence-electron chi connectivity index (χ4n) is 3.65. The lowest BCUT2D eigenvalue weighted by molar-refractivity contribution is -0.119. The summed E-state index contributed by atoms with van der Waals surface area (Å²) in [6.45, 7) is 3.37. The van der Waals surface area contributed by atoms with Gasteiger partial charge >= 0.3 is 0 Å². The third kappa shape index (κ3) is 4.37. The van der Waals surface area contributed by atoms with Gasteiger partial charge in [0.15, 0.2) is 11.6 Å². The van der Waals surface area contributed by atoms with Gasteiger partial charge in [0.05, 0.1) is 11.0 Å². The smallest absolute Gasteiger partial charge is 0.272 e. The van der Waals surface area contributed by atoms with Gasteiger partial charge in [-0.3, -0.25) is 4.79 Å². The first-order valence-electron chi connectivity index (χ1n) is 9.96. The normalized spacial score (nSPS) is 15.4. The van der Waals surface area contributed by atoms with Crippen LogP contribution in [0.3, 0.4) is 0 Å². The zero-order chi connectivity index (χ0) is 24.8. The Hall–Kier alpha value is -3.05. The minimum absolute atomic E-state index is 0.0463. The standard InChI is InChI=1S/C22H17BrClF3N6O/c1-22(2)16-18(28)29-21(31-19(16)30-20(22)34)33-32-15(10-7-9(24)3-4-12(10)23)8-11-13(25)5-6-14(26)17(11)27/h3-7,15H,8H2,1-2H3,(H3,28,29,30,31,34). The number of amides is 1. The van der Waals surface area contributed by atoms with E-state index >= 15 is 0 Å². The van der Waals surface area contributed by atoms with Crippen molar-refractivity contribution < 1.29 is 18.0 Å². The molecule has 1 aliphatic heterocycles. The number of nitrogen functional groups attached to an aromatic ring is 1. The second-order valence-electron chi connectivity index (χ2n) is 8.13. The van der Waals surface area contributed by atoms with Crippen molar-refractivity contribution in [1.82, 2.24) is 9.97 Å². The Morgan fingerprint density at radius 2 is 1.88 bits per heavy atom. The van der Waals surface area contributed by atoms with E-state index in [9.17, 15) is 18.0 Å². The molecule has 2 heterocycles. The first-order chi connectivity index (χ1) is 16.0. The Morgan fingerprint density at radius 3 is 2.62 bits per heavy atom. The first kappa shape index (κ1) is 24.1. The molecule has 0 bridgehead atoms. The number of carbonyl (C=O) groups is 1. The van der Waals surface area contributed by atoms with Crippen molar-refractivity contribution >= 4 is 51.0 Å². The van der Waals surface area contributed by atoms with E-state index in [4.69, 9.17) is 17.3 Å². The number of rotatable bonds is 5. The Labute approximate surface area is 205 Å². The van der Waals surface area contributed by atoms with Gasteiger partial charge in [-0.1, -0.05) is 27.5 Å². The molecule has 0 radical (unpaired) electrons. The van der Waals surface area contributed by atoms with Crippen molar-refractivity contribution in [3.8, 4) is 0 Å². The summed E-state index contributed by atoms with van der Waals surface area (Å²) < 4.78 is 43.1. The number of nitrogens with zero attached hydrogens (tertiary/aromatic N) is 4. The highest BCUT2D eigenvalue weighted by Crippen LogP contribution is 2.40. The van der Waals surface area contributed by atoms with E-state index in [1.807, 2.05) is 0 Å². The summed E-state index contributed by atoms with van der Waals surface area (Å²) in [5.74, 6) is -3.65. The second kappa shape index (κ2) is 8.95. The van der Waals surface area contributed by atoms with Crippen LogP contribution in [-0.4, -0.2) is 15.9 Å². The van der Waals surface area contributed by atoms with E-state index in [-0.39, 0.29) is 29.9 Å². The fraction of sp³-hybridized carbons (Fsp3) is 0.227.